The molecule has 0 bridgehead atoms. The first-order valence-electron chi connectivity index (χ1n) is 5.15. The van der Waals surface area contributed by atoms with Crippen molar-refractivity contribution in [2.24, 2.45) is 5.73 Å². The topological polar surface area (TPSA) is 68.0 Å². The van der Waals surface area contributed by atoms with E-state index in [-0.39, 0.29) is 5.91 Å². The molecule has 4 heteroatoms. The van der Waals surface area contributed by atoms with E-state index in [4.69, 9.17) is 5.73 Å². The molecular formula is C11H17N3O. The van der Waals surface area contributed by atoms with Crippen LogP contribution in [-0.2, 0) is 4.79 Å². The number of aromatic nitrogens is 1. The van der Waals surface area contributed by atoms with Gasteiger partial charge in [0.05, 0.1) is 0 Å². The summed E-state index contributed by atoms with van der Waals surface area (Å²) in [7, 11) is 0. The fraction of sp³-hybridized carbons (Fsp3) is 0.455. The number of carbonyl (C=O) groups excluding carboxylic acids is 1. The molecule has 0 fully saturated rings. The molecule has 15 heavy (non-hydrogen) atoms. The van der Waals surface area contributed by atoms with E-state index in [2.05, 4.69) is 10.3 Å². The molecule has 1 aromatic heterocycles. The molecule has 0 radical (unpaired) electrons. The molecule has 0 aliphatic carbocycles. The Balaban J connectivity index is 2.34. The lowest BCUT2D eigenvalue weighted by Gasteiger charge is -2.03. The number of hydrogen-bond acceptors (Lipinski definition) is 3. The van der Waals surface area contributed by atoms with Gasteiger partial charge in [-0.15, -0.1) is 0 Å². The normalized spacial score (nSPS) is 10.0. The van der Waals surface area contributed by atoms with Gasteiger partial charge in [-0.25, -0.2) is 4.98 Å². The van der Waals surface area contributed by atoms with Crippen molar-refractivity contribution < 1.29 is 4.79 Å². The molecule has 0 saturated heterocycles. The van der Waals surface area contributed by atoms with Gasteiger partial charge in [0.1, 0.15) is 5.82 Å². The molecule has 0 atom stereocenters. The monoisotopic (exact) mass is 207 g/mol. The van der Waals surface area contributed by atoms with Crippen molar-refractivity contribution in [1.29, 1.82) is 0 Å². The predicted octanol–water partition coefficient (Wildman–Crippen LogP) is 1.46. The highest BCUT2D eigenvalue weighted by atomic mass is 16.1. The molecule has 1 aromatic rings. The van der Waals surface area contributed by atoms with E-state index in [1.807, 2.05) is 13.0 Å². The molecule has 1 rings (SSSR count). The van der Waals surface area contributed by atoms with Gasteiger partial charge >= 0.3 is 0 Å². The van der Waals surface area contributed by atoms with Crippen molar-refractivity contribution in [2.75, 3.05) is 11.9 Å². The predicted molar refractivity (Wildman–Crippen MR) is 60.5 cm³/mol. The Morgan fingerprint density at radius 3 is 2.87 bits per heavy atom. The first-order valence-corrected chi connectivity index (χ1v) is 5.15. The van der Waals surface area contributed by atoms with Crippen LogP contribution in [0.2, 0.25) is 0 Å². The fourth-order valence-electron chi connectivity index (χ4n) is 1.18. The SMILES string of the molecule is Cc1ccc(NC(=O)CCCCN)nc1. The summed E-state index contributed by atoms with van der Waals surface area (Å²) < 4.78 is 0. The zero-order valence-electron chi connectivity index (χ0n) is 8.99. The van der Waals surface area contributed by atoms with Gasteiger partial charge < -0.3 is 11.1 Å². The quantitative estimate of drug-likeness (QED) is 0.718. The average molecular weight is 207 g/mol. The van der Waals surface area contributed by atoms with Crippen molar-refractivity contribution in [1.82, 2.24) is 4.98 Å². The van der Waals surface area contributed by atoms with Gasteiger partial charge in [-0.05, 0) is 37.9 Å². The lowest BCUT2D eigenvalue weighted by Crippen LogP contribution is -2.12. The van der Waals surface area contributed by atoms with E-state index in [1.165, 1.54) is 0 Å². The number of pyridine rings is 1. The molecule has 82 valence electrons. The summed E-state index contributed by atoms with van der Waals surface area (Å²) in [5.41, 5.74) is 6.42. The first kappa shape index (κ1) is 11.7. The first-order chi connectivity index (χ1) is 7.22. The maximum atomic E-state index is 11.4. The van der Waals surface area contributed by atoms with Crippen LogP contribution >= 0.6 is 0 Å². The molecule has 1 amide bonds. The van der Waals surface area contributed by atoms with E-state index in [9.17, 15) is 4.79 Å². The summed E-state index contributed by atoms with van der Waals surface area (Å²) in [5, 5.41) is 2.74. The molecular weight excluding hydrogens is 190 g/mol. The third kappa shape index (κ3) is 4.56. The Hall–Kier alpha value is -1.42. The summed E-state index contributed by atoms with van der Waals surface area (Å²) >= 11 is 0. The number of anilines is 1. The van der Waals surface area contributed by atoms with Gasteiger partial charge in [0, 0.05) is 12.6 Å². The van der Waals surface area contributed by atoms with Gasteiger partial charge in [0.25, 0.3) is 0 Å². The number of rotatable bonds is 5. The van der Waals surface area contributed by atoms with Crippen molar-refractivity contribution in [3.8, 4) is 0 Å². The van der Waals surface area contributed by atoms with Gasteiger partial charge in [-0.2, -0.15) is 0 Å². The molecule has 4 nitrogen and oxygen atoms in total. The number of hydrogen-bond donors (Lipinski definition) is 2. The van der Waals surface area contributed by atoms with E-state index in [1.54, 1.807) is 12.3 Å². The molecule has 0 unspecified atom stereocenters. The second-order valence-electron chi connectivity index (χ2n) is 3.51. The van der Waals surface area contributed by atoms with E-state index < -0.39 is 0 Å². The van der Waals surface area contributed by atoms with Crippen LogP contribution in [0.25, 0.3) is 0 Å². The highest BCUT2D eigenvalue weighted by molar-refractivity contribution is 5.89. The number of aryl methyl sites for hydroxylation is 1. The van der Waals surface area contributed by atoms with E-state index in [0.29, 0.717) is 18.8 Å². The third-order valence-electron chi connectivity index (χ3n) is 2.04. The van der Waals surface area contributed by atoms with Crippen LogP contribution in [0.4, 0.5) is 5.82 Å². The Morgan fingerprint density at radius 2 is 2.27 bits per heavy atom. The van der Waals surface area contributed by atoms with Gasteiger partial charge in [-0.1, -0.05) is 6.07 Å². The Bertz CT molecular complexity index is 308. The Kier molecular flexibility index (Phi) is 4.77. The van der Waals surface area contributed by atoms with Crippen LogP contribution < -0.4 is 11.1 Å². The molecule has 0 saturated carbocycles. The summed E-state index contributed by atoms with van der Waals surface area (Å²) in [6, 6.07) is 3.72. The zero-order valence-corrected chi connectivity index (χ0v) is 8.99. The van der Waals surface area contributed by atoms with E-state index >= 15 is 0 Å². The number of nitrogens with two attached hydrogens (primary N) is 1. The van der Waals surface area contributed by atoms with Crippen LogP contribution in [0.1, 0.15) is 24.8 Å². The van der Waals surface area contributed by atoms with Crippen LogP contribution in [0.15, 0.2) is 18.3 Å². The maximum absolute atomic E-state index is 11.4. The van der Waals surface area contributed by atoms with Gasteiger partial charge in [-0.3, -0.25) is 4.79 Å². The maximum Gasteiger partial charge on any atom is 0.225 e. The smallest absolute Gasteiger partial charge is 0.225 e. The summed E-state index contributed by atoms with van der Waals surface area (Å²) in [6.45, 7) is 2.59. The molecule has 1 heterocycles. The number of amides is 1. The second kappa shape index (κ2) is 6.14. The second-order valence-corrected chi connectivity index (χ2v) is 3.51. The fourth-order valence-corrected chi connectivity index (χ4v) is 1.18. The minimum absolute atomic E-state index is 0.000182. The summed E-state index contributed by atoms with van der Waals surface area (Å²) in [6.07, 6.45) is 3.95. The third-order valence-corrected chi connectivity index (χ3v) is 2.04. The Labute approximate surface area is 89.9 Å². The Morgan fingerprint density at radius 1 is 1.47 bits per heavy atom. The van der Waals surface area contributed by atoms with Crippen molar-refractivity contribution in [2.45, 2.75) is 26.2 Å². The lowest BCUT2D eigenvalue weighted by molar-refractivity contribution is -0.116. The van der Waals surface area contributed by atoms with Crippen LogP contribution in [0.3, 0.4) is 0 Å². The standard InChI is InChI=1S/C11H17N3O/c1-9-5-6-10(13-8-9)14-11(15)4-2-3-7-12/h5-6,8H,2-4,7,12H2,1H3,(H,13,14,15). The van der Waals surface area contributed by atoms with Gasteiger partial charge in [0.15, 0.2) is 0 Å². The minimum atomic E-state index is -0.000182. The van der Waals surface area contributed by atoms with Crippen molar-refractivity contribution >= 4 is 11.7 Å². The van der Waals surface area contributed by atoms with Crippen LogP contribution in [-0.4, -0.2) is 17.4 Å². The number of unbranched alkanes of at least 4 members (excludes halogenated alkanes) is 1. The average Bonchev–Trinajstić information content (AvgIpc) is 2.22. The van der Waals surface area contributed by atoms with Gasteiger partial charge in [0.2, 0.25) is 5.91 Å². The van der Waals surface area contributed by atoms with Crippen molar-refractivity contribution in [3.63, 3.8) is 0 Å². The summed E-state index contributed by atoms with van der Waals surface area (Å²) in [5.74, 6) is 0.609. The van der Waals surface area contributed by atoms with E-state index in [0.717, 1.165) is 18.4 Å². The van der Waals surface area contributed by atoms with Crippen LogP contribution in [0.5, 0.6) is 0 Å². The van der Waals surface area contributed by atoms with Crippen molar-refractivity contribution in [3.05, 3.63) is 23.9 Å². The molecule has 0 spiro atoms. The molecule has 0 aliphatic rings. The number of nitrogens with zero attached hydrogens (tertiary/aromatic N) is 1. The molecule has 0 aliphatic heterocycles. The molecule has 3 N–H and O–H groups in total. The molecule has 0 aromatic carbocycles. The summed E-state index contributed by atoms with van der Waals surface area (Å²) in [4.78, 5) is 15.5. The van der Waals surface area contributed by atoms with Crippen LogP contribution in [0, 0.1) is 6.92 Å². The number of nitrogens with one attached hydrogen (secondary N) is 1. The number of carbonyl (C=O) groups is 1. The zero-order chi connectivity index (χ0) is 11.1. The highest BCUT2D eigenvalue weighted by Gasteiger charge is 2.01. The largest absolute Gasteiger partial charge is 0.330 e. The highest BCUT2D eigenvalue weighted by Crippen LogP contribution is 2.05. The minimum Gasteiger partial charge on any atom is -0.330 e. The lowest BCUT2D eigenvalue weighted by atomic mass is 10.2.